The maximum Gasteiger partial charge on any atom is 0.363 e. The number of hydrogen-bond donors (Lipinski definition) is 0. The number of ether oxygens (including phenoxy) is 2. The number of nitrogens with zero attached hydrogens (tertiary/aromatic N) is 1. The molecule has 0 amide bonds. The van der Waals surface area contributed by atoms with Crippen molar-refractivity contribution in [3.8, 4) is 5.75 Å². The number of benzene rings is 2. The van der Waals surface area contributed by atoms with Crippen molar-refractivity contribution in [1.29, 1.82) is 0 Å². The van der Waals surface area contributed by atoms with Crippen LogP contribution >= 0.6 is 0 Å². The van der Waals surface area contributed by atoms with Gasteiger partial charge in [-0.05, 0) is 36.8 Å². The summed E-state index contributed by atoms with van der Waals surface area (Å²) in [5.41, 5.74) is 1.35. The lowest BCUT2D eigenvalue weighted by molar-refractivity contribution is -0.129. The second-order valence-electron chi connectivity index (χ2n) is 6.65. The first kappa shape index (κ1) is 19.8. The van der Waals surface area contributed by atoms with Gasteiger partial charge in [0.25, 0.3) is 0 Å². The topological polar surface area (TPSA) is 47.9 Å². The van der Waals surface area contributed by atoms with Crippen molar-refractivity contribution >= 4 is 17.9 Å². The zero-order chi connectivity index (χ0) is 19.8. The normalized spacial score (nSPS) is 14.9. The Morgan fingerprint density at radius 3 is 2.71 bits per heavy atom. The second kappa shape index (κ2) is 9.83. The predicted molar refractivity (Wildman–Crippen MR) is 108 cm³/mol. The molecule has 28 heavy (non-hydrogen) atoms. The molecule has 0 N–H and O–H groups in total. The lowest BCUT2D eigenvalue weighted by Gasteiger charge is -2.09. The van der Waals surface area contributed by atoms with Gasteiger partial charge in [0.1, 0.15) is 11.6 Å². The Labute approximate surface area is 164 Å². The smallest absolute Gasteiger partial charge is 0.363 e. The molecular formula is C23H24FNO3. The summed E-state index contributed by atoms with van der Waals surface area (Å²) in [6.07, 6.45) is 7.46. The number of para-hydroxylation sites is 1. The predicted octanol–water partition coefficient (Wildman–Crippen LogP) is 5.52. The molecule has 0 aromatic heterocycles. The molecule has 0 radical (unpaired) electrons. The summed E-state index contributed by atoms with van der Waals surface area (Å²) in [4.78, 5) is 16.4. The summed E-state index contributed by atoms with van der Waals surface area (Å²) in [6, 6.07) is 13.3. The zero-order valence-corrected chi connectivity index (χ0v) is 16.0. The minimum absolute atomic E-state index is 0.102. The fourth-order valence-electron chi connectivity index (χ4n) is 2.92. The highest BCUT2D eigenvalue weighted by Gasteiger charge is 2.24. The van der Waals surface area contributed by atoms with Crippen LogP contribution in [0.5, 0.6) is 5.75 Å². The number of halogens is 1. The van der Waals surface area contributed by atoms with E-state index in [-0.39, 0.29) is 11.6 Å². The fourth-order valence-corrected chi connectivity index (χ4v) is 2.92. The van der Waals surface area contributed by atoms with Gasteiger partial charge in [0.2, 0.25) is 5.90 Å². The molecule has 1 aliphatic rings. The van der Waals surface area contributed by atoms with Gasteiger partial charge >= 0.3 is 5.97 Å². The van der Waals surface area contributed by atoms with Crippen molar-refractivity contribution in [2.75, 3.05) is 6.61 Å². The van der Waals surface area contributed by atoms with Gasteiger partial charge in [0.05, 0.1) is 6.61 Å². The van der Waals surface area contributed by atoms with Crippen molar-refractivity contribution in [1.82, 2.24) is 0 Å². The highest BCUT2D eigenvalue weighted by Crippen LogP contribution is 2.25. The summed E-state index contributed by atoms with van der Waals surface area (Å²) in [7, 11) is 0. The fraction of sp³-hybridized carbons (Fsp3) is 0.304. The third-order valence-corrected chi connectivity index (χ3v) is 4.41. The maximum atomic E-state index is 13.4. The highest BCUT2D eigenvalue weighted by atomic mass is 19.1. The first-order valence-corrected chi connectivity index (χ1v) is 9.67. The number of unbranched alkanes of at least 4 members (excludes halogenated alkanes) is 4. The molecule has 0 spiro atoms. The number of esters is 1. The molecule has 3 rings (SSSR count). The minimum Gasteiger partial charge on any atom is -0.493 e. The van der Waals surface area contributed by atoms with Gasteiger partial charge in [-0.2, -0.15) is 0 Å². The van der Waals surface area contributed by atoms with E-state index in [4.69, 9.17) is 9.47 Å². The van der Waals surface area contributed by atoms with Crippen molar-refractivity contribution in [3.63, 3.8) is 0 Å². The van der Waals surface area contributed by atoms with E-state index in [1.54, 1.807) is 18.2 Å². The molecule has 146 valence electrons. The van der Waals surface area contributed by atoms with Gasteiger partial charge in [-0.25, -0.2) is 14.2 Å². The first-order chi connectivity index (χ1) is 13.7. The van der Waals surface area contributed by atoms with E-state index in [0.717, 1.165) is 18.4 Å². The van der Waals surface area contributed by atoms with Crippen LogP contribution in [0.25, 0.3) is 6.08 Å². The molecular weight excluding hydrogens is 357 g/mol. The van der Waals surface area contributed by atoms with E-state index < -0.39 is 11.8 Å². The molecule has 1 heterocycles. The van der Waals surface area contributed by atoms with E-state index in [1.165, 1.54) is 31.4 Å². The molecule has 0 aliphatic carbocycles. The van der Waals surface area contributed by atoms with Crippen molar-refractivity contribution < 1.29 is 18.7 Å². The number of aliphatic imine (C=N–C) groups is 1. The molecule has 2 aromatic rings. The molecule has 4 nitrogen and oxygen atoms in total. The summed E-state index contributed by atoms with van der Waals surface area (Å²) in [5, 5.41) is 0. The largest absolute Gasteiger partial charge is 0.493 e. The van der Waals surface area contributed by atoms with E-state index >= 15 is 0 Å². The minimum atomic E-state index is -0.561. The van der Waals surface area contributed by atoms with Gasteiger partial charge in [-0.3, -0.25) is 0 Å². The maximum absolute atomic E-state index is 13.4. The molecule has 0 atom stereocenters. The lowest BCUT2D eigenvalue weighted by Crippen LogP contribution is -2.05. The SMILES string of the molecule is CCCCCCCOc1ccccc1/C=C1\N=C(c2cccc(F)c2)OC1=O. The average molecular weight is 381 g/mol. The third kappa shape index (κ3) is 5.28. The van der Waals surface area contributed by atoms with Crippen molar-refractivity contribution in [2.45, 2.75) is 39.0 Å². The van der Waals surface area contributed by atoms with Crippen LogP contribution in [-0.2, 0) is 9.53 Å². The Hall–Kier alpha value is -2.95. The monoisotopic (exact) mass is 381 g/mol. The van der Waals surface area contributed by atoms with Crippen molar-refractivity contribution in [2.24, 2.45) is 4.99 Å². The summed E-state index contributed by atoms with van der Waals surface area (Å²) in [6.45, 7) is 2.82. The molecule has 0 bridgehead atoms. The van der Waals surface area contributed by atoms with Crippen molar-refractivity contribution in [3.05, 3.63) is 71.2 Å². The van der Waals surface area contributed by atoms with Gasteiger partial charge < -0.3 is 9.47 Å². The Morgan fingerprint density at radius 2 is 1.89 bits per heavy atom. The van der Waals surface area contributed by atoms with E-state index in [9.17, 15) is 9.18 Å². The Balaban J connectivity index is 1.71. The van der Waals surface area contributed by atoms with E-state index in [2.05, 4.69) is 11.9 Å². The van der Waals surface area contributed by atoms with Crippen LogP contribution in [0, 0.1) is 5.82 Å². The van der Waals surface area contributed by atoms with E-state index in [0.29, 0.717) is 17.9 Å². The summed E-state index contributed by atoms with van der Waals surface area (Å²) in [5.74, 6) is -0.169. The molecule has 1 aliphatic heterocycles. The number of carbonyl (C=O) groups excluding carboxylic acids is 1. The molecule has 2 aromatic carbocycles. The Kier molecular flexibility index (Phi) is 6.95. The Bertz CT molecular complexity index is 889. The number of cyclic esters (lactones) is 1. The summed E-state index contributed by atoms with van der Waals surface area (Å²) >= 11 is 0. The van der Waals surface area contributed by atoms with Crippen LogP contribution in [0.1, 0.15) is 50.2 Å². The highest BCUT2D eigenvalue weighted by molar-refractivity contribution is 6.12. The second-order valence-corrected chi connectivity index (χ2v) is 6.65. The molecule has 5 heteroatoms. The number of carbonyl (C=O) groups is 1. The van der Waals surface area contributed by atoms with Gasteiger partial charge in [-0.1, -0.05) is 56.9 Å². The van der Waals surface area contributed by atoms with Crippen LogP contribution in [0.15, 0.2) is 59.2 Å². The number of hydrogen-bond acceptors (Lipinski definition) is 4. The van der Waals surface area contributed by atoms with Crippen LogP contribution in [0.3, 0.4) is 0 Å². The summed E-state index contributed by atoms with van der Waals surface area (Å²) < 4.78 is 24.5. The molecule has 0 fully saturated rings. The van der Waals surface area contributed by atoms with E-state index in [1.807, 2.05) is 24.3 Å². The molecule has 0 saturated heterocycles. The van der Waals surface area contributed by atoms with Crippen LogP contribution in [-0.4, -0.2) is 18.5 Å². The van der Waals surface area contributed by atoms with Crippen LogP contribution in [0.2, 0.25) is 0 Å². The Morgan fingerprint density at radius 1 is 1.07 bits per heavy atom. The van der Waals surface area contributed by atoms with Gasteiger partial charge in [0.15, 0.2) is 5.70 Å². The molecule has 0 unspecified atom stereocenters. The molecule has 0 saturated carbocycles. The van der Waals surface area contributed by atoms with Gasteiger partial charge in [0, 0.05) is 11.1 Å². The average Bonchev–Trinajstić information content (AvgIpc) is 3.06. The first-order valence-electron chi connectivity index (χ1n) is 9.67. The zero-order valence-electron chi connectivity index (χ0n) is 16.0. The lowest BCUT2D eigenvalue weighted by atomic mass is 10.1. The standard InChI is InChI=1S/C23H24FNO3/c1-2-3-4-5-8-14-27-21-13-7-6-10-17(21)16-20-23(26)28-22(25-20)18-11-9-12-19(24)15-18/h6-7,9-13,15-16H,2-5,8,14H2,1H3/b20-16-. The van der Waals surface area contributed by atoms with Crippen LogP contribution < -0.4 is 4.74 Å². The van der Waals surface area contributed by atoms with Gasteiger partial charge in [-0.15, -0.1) is 0 Å². The quantitative estimate of drug-likeness (QED) is 0.326. The third-order valence-electron chi connectivity index (χ3n) is 4.41. The number of rotatable bonds is 9. The van der Waals surface area contributed by atoms with Crippen LogP contribution in [0.4, 0.5) is 4.39 Å².